The molecular weight excluding hydrogens is 198 g/mol. The summed E-state index contributed by atoms with van der Waals surface area (Å²) in [4.78, 5) is 5.39. The number of nitrogens with zero attached hydrogens (tertiary/aromatic N) is 2. The molecule has 0 spiro atoms. The first-order valence-corrected chi connectivity index (χ1v) is 7.01. The fourth-order valence-corrected chi connectivity index (χ4v) is 3.08. The Morgan fingerprint density at radius 1 is 1.12 bits per heavy atom. The number of hydrogen-bond acceptors (Lipinski definition) is 3. The fourth-order valence-electron chi connectivity index (χ4n) is 3.08. The minimum atomic E-state index is 0.870. The van der Waals surface area contributed by atoms with Crippen molar-refractivity contribution in [3.63, 3.8) is 0 Å². The minimum Gasteiger partial charge on any atom is -0.320 e. The molecule has 1 unspecified atom stereocenters. The lowest BCUT2D eigenvalue weighted by molar-refractivity contribution is 0.162. The van der Waals surface area contributed by atoms with Crippen LogP contribution in [0.15, 0.2) is 0 Å². The molecule has 16 heavy (non-hydrogen) atoms. The normalized spacial score (nSPS) is 28.7. The maximum Gasteiger partial charge on any atom is 0.0235 e. The summed E-state index contributed by atoms with van der Waals surface area (Å²) in [7, 11) is 2.04. The molecule has 0 aromatic rings. The number of rotatable bonds is 5. The van der Waals surface area contributed by atoms with Gasteiger partial charge in [0.05, 0.1) is 0 Å². The van der Waals surface area contributed by atoms with Crippen molar-refractivity contribution in [2.24, 2.45) is 0 Å². The fraction of sp³-hybridized carbons (Fsp3) is 1.00. The van der Waals surface area contributed by atoms with E-state index in [1.54, 1.807) is 0 Å². The molecule has 0 aliphatic carbocycles. The smallest absolute Gasteiger partial charge is 0.0235 e. The van der Waals surface area contributed by atoms with Crippen LogP contribution < -0.4 is 5.32 Å². The molecule has 2 fully saturated rings. The van der Waals surface area contributed by atoms with Crippen molar-refractivity contribution in [3.05, 3.63) is 0 Å². The molecule has 2 aliphatic rings. The first-order chi connectivity index (χ1) is 7.90. The predicted molar refractivity (Wildman–Crippen MR) is 68.8 cm³/mol. The number of hydrogen-bond donors (Lipinski definition) is 1. The molecule has 0 aromatic heterocycles. The molecule has 3 heteroatoms. The van der Waals surface area contributed by atoms with Gasteiger partial charge in [-0.2, -0.15) is 0 Å². The molecule has 0 radical (unpaired) electrons. The zero-order valence-electron chi connectivity index (χ0n) is 10.7. The summed E-state index contributed by atoms with van der Waals surface area (Å²) in [5, 5.41) is 3.23. The van der Waals surface area contributed by atoms with Gasteiger partial charge in [-0.05, 0) is 65.5 Å². The Bertz CT molecular complexity index is 190. The summed E-state index contributed by atoms with van der Waals surface area (Å²) in [6, 6.07) is 0.870. The Balaban J connectivity index is 1.66. The molecular formula is C13H27N3. The van der Waals surface area contributed by atoms with Gasteiger partial charge in [0, 0.05) is 12.6 Å². The zero-order chi connectivity index (χ0) is 11.2. The van der Waals surface area contributed by atoms with Crippen LogP contribution in [0.1, 0.15) is 32.1 Å². The summed E-state index contributed by atoms with van der Waals surface area (Å²) in [5.74, 6) is 0. The van der Waals surface area contributed by atoms with Gasteiger partial charge in [-0.25, -0.2) is 0 Å². The standard InChI is InChI=1S/C13H27N3/c1-14-7-5-8-15-11-6-13(12-15)16-9-3-2-4-10-16/h13-14H,2-12H2,1H3. The largest absolute Gasteiger partial charge is 0.320 e. The van der Waals surface area contributed by atoms with Crippen LogP contribution in [0, 0.1) is 0 Å². The van der Waals surface area contributed by atoms with E-state index >= 15 is 0 Å². The number of nitrogens with one attached hydrogen (secondary N) is 1. The summed E-state index contributed by atoms with van der Waals surface area (Å²) in [5.41, 5.74) is 0. The highest BCUT2D eigenvalue weighted by atomic mass is 15.3. The van der Waals surface area contributed by atoms with Gasteiger partial charge in [0.1, 0.15) is 0 Å². The molecule has 94 valence electrons. The van der Waals surface area contributed by atoms with Crippen LogP contribution in [0.2, 0.25) is 0 Å². The lowest BCUT2D eigenvalue weighted by Gasteiger charge is -2.32. The molecule has 0 bridgehead atoms. The molecule has 0 aromatic carbocycles. The highest BCUT2D eigenvalue weighted by Crippen LogP contribution is 2.19. The van der Waals surface area contributed by atoms with Crippen molar-refractivity contribution >= 4 is 0 Å². The van der Waals surface area contributed by atoms with Crippen molar-refractivity contribution in [1.29, 1.82) is 0 Å². The van der Waals surface area contributed by atoms with Gasteiger partial charge in [-0.1, -0.05) is 6.42 Å². The first kappa shape index (κ1) is 12.3. The van der Waals surface area contributed by atoms with Crippen LogP contribution in [-0.4, -0.2) is 62.2 Å². The van der Waals surface area contributed by atoms with Gasteiger partial charge in [0.2, 0.25) is 0 Å². The molecule has 2 saturated heterocycles. The molecule has 0 saturated carbocycles. The summed E-state index contributed by atoms with van der Waals surface area (Å²) >= 11 is 0. The van der Waals surface area contributed by atoms with Gasteiger partial charge >= 0.3 is 0 Å². The predicted octanol–water partition coefficient (Wildman–Crippen LogP) is 1.16. The second-order valence-electron chi connectivity index (χ2n) is 5.30. The lowest BCUT2D eigenvalue weighted by Crippen LogP contribution is -2.41. The Morgan fingerprint density at radius 3 is 2.69 bits per heavy atom. The van der Waals surface area contributed by atoms with Crippen molar-refractivity contribution in [1.82, 2.24) is 15.1 Å². The molecule has 2 rings (SSSR count). The third kappa shape index (κ3) is 3.44. The molecule has 2 heterocycles. The van der Waals surface area contributed by atoms with E-state index in [2.05, 4.69) is 15.1 Å². The average Bonchev–Trinajstić information content (AvgIpc) is 2.79. The van der Waals surface area contributed by atoms with E-state index in [4.69, 9.17) is 0 Å². The SMILES string of the molecule is CNCCCN1CCC(N2CCCCC2)C1. The van der Waals surface area contributed by atoms with Gasteiger partial charge < -0.3 is 10.2 Å². The van der Waals surface area contributed by atoms with Crippen LogP contribution >= 0.6 is 0 Å². The first-order valence-electron chi connectivity index (χ1n) is 7.01. The van der Waals surface area contributed by atoms with Crippen LogP contribution in [0.5, 0.6) is 0 Å². The van der Waals surface area contributed by atoms with Crippen molar-refractivity contribution in [3.8, 4) is 0 Å². The number of piperidine rings is 1. The van der Waals surface area contributed by atoms with E-state index in [0.29, 0.717) is 0 Å². The lowest BCUT2D eigenvalue weighted by atomic mass is 10.1. The van der Waals surface area contributed by atoms with E-state index in [1.807, 2.05) is 7.05 Å². The Hall–Kier alpha value is -0.120. The maximum atomic E-state index is 3.23. The third-order valence-corrected chi connectivity index (χ3v) is 4.06. The Morgan fingerprint density at radius 2 is 1.94 bits per heavy atom. The monoisotopic (exact) mass is 225 g/mol. The van der Waals surface area contributed by atoms with Gasteiger partial charge in [0.15, 0.2) is 0 Å². The summed E-state index contributed by atoms with van der Waals surface area (Å²) in [6.07, 6.45) is 7.00. The molecule has 2 aliphatic heterocycles. The maximum absolute atomic E-state index is 3.23. The highest BCUT2D eigenvalue weighted by Gasteiger charge is 2.27. The van der Waals surface area contributed by atoms with Crippen LogP contribution in [0.25, 0.3) is 0 Å². The van der Waals surface area contributed by atoms with Crippen molar-refractivity contribution in [2.75, 3.05) is 46.3 Å². The van der Waals surface area contributed by atoms with E-state index in [-0.39, 0.29) is 0 Å². The number of likely N-dealkylation sites (tertiary alicyclic amines) is 2. The zero-order valence-corrected chi connectivity index (χ0v) is 10.7. The van der Waals surface area contributed by atoms with Crippen molar-refractivity contribution < 1.29 is 0 Å². The van der Waals surface area contributed by atoms with Crippen LogP contribution in [0.3, 0.4) is 0 Å². The van der Waals surface area contributed by atoms with E-state index < -0.39 is 0 Å². The van der Waals surface area contributed by atoms with Crippen LogP contribution in [-0.2, 0) is 0 Å². The highest BCUT2D eigenvalue weighted by molar-refractivity contribution is 4.84. The van der Waals surface area contributed by atoms with Gasteiger partial charge in [0.25, 0.3) is 0 Å². The van der Waals surface area contributed by atoms with E-state index in [9.17, 15) is 0 Å². The molecule has 3 nitrogen and oxygen atoms in total. The second kappa shape index (κ2) is 6.58. The van der Waals surface area contributed by atoms with E-state index in [1.165, 1.54) is 64.8 Å². The Labute approximate surface area is 100 Å². The summed E-state index contributed by atoms with van der Waals surface area (Å²) in [6.45, 7) is 7.80. The second-order valence-corrected chi connectivity index (χ2v) is 5.30. The molecule has 1 N–H and O–H groups in total. The van der Waals surface area contributed by atoms with E-state index in [0.717, 1.165) is 12.6 Å². The minimum absolute atomic E-state index is 0.870. The Kier molecular flexibility index (Phi) is 5.07. The van der Waals surface area contributed by atoms with Crippen LogP contribution in [0.4, 0.5) is 0 Å². The average molecular weight is 225 g/mol. The van der Waals surface area contributed by atoms with Gasteiger partial charge in [-0.15, -0.1) is 0 Å². The quantitative estimate of drug-likeness (QED) is 0.708. The third-order valence-electron chi connectivity index (χ3n) is 4.06. The topological polar surface area (TPSA) is 18.5 Å². The molecule has 0 amide bonds. The summed E-state index contributed by atoms with van der Waals surface area (Å²) < 4.78 is 0. The van der Waals surface area contributed by atoms with Crippen molar-refractivity contribution in [2.45, 2.75) is 38.1 Å². The molecule has 1 atom stereocenters. The van der Waals surface area contributed by atoms with Gasteiger partial charge in [-0.3, -0.25) is 4.90 Å².